The quantitative estimate of drug-likeness (QED) is 0.183. The average Bonchev–Trinajstić information content (AvgIpc) is 2.87. The first-order valence-electron chi connectivity index (χ1n) is 12.1. The molecule has 6 heteroatoms. The Labute approximate surface area is 207 Å². The summed E-state index contributed by atoms with van der Waals surface area (Å²) in [7, 11) is 0. The number of rotatable bonds is 12. The van der Waals surface area contributed by atoms with Crippen molar-refractivity contribution in [2.24, 2.45) is 5.10 Å². The number of nitrogens with zero attached hydrogens (tertiary/aromatic N) is 1. The zero-order valence-electron chi connectivity index (χ0n) is 20.4. The van der Waals surface area contributed by atoms with Crippen LogP contribution in [0.4, 0.5) is 5.69 Å². The minimum Gasteiger partial charge on any atom is -0.494 e. The van der Waals surface area contributed by atoms with Gasteiger partial charge < -0.3 is 10.1 Å². The summed E-state index contributed by atoms with van der Waals surface area (Å²) in [6, 6.07) is 21.7. The zero-order valence-corrected chi connectivity index (χ0v) is 20.4. The molecule has 0 saturated carbocycles. The van der Waals surface area contributed by atoms with Gasteiger partial charge in [0.25, 0.3) is 11.8 Å². The van der Waals surface area contributed by atoms with E-state index in [1.54, 1.807) is 36.5 Å². The molecule has 0 spiro atoms. The molecular weight excluding hydrogens is 438 g/mol. The van der Waals surface area contributed by atoms with Gasteiger partial charge in [-0.3, -0.25) is 9.59 Å². The second-order valence-corrected chi connectivity index (χ2v) is 8.35. The van der Waals surface area contributed by atoms with E-state index in [1.165, 1.54) is 25.7 Å². The molecule has 6 nitrogen and oxygen atoms in total. The minimum atomic E-state index is -0.412. The van der Waals surface area contributed by atoms with Gasteiger partial charge in [0.05, 0.1) is 24.1 Å². The van der Waals surface area contributed by atoms with Gasteiger partial charge >= 0.3 is 0 Å². The van der Waals surface area contributed by atoms with E-state index in [0.29, 0.717) is 23.4 Å². The lowest BCUT2D eigenvalue weighted by molar-refractivity contribution is 0.0956. The molecule has 182 valence electrons. The van der Waals surface area contributed by atoms with Gasteiger partial charge in [-0.15, -0.1) is 0 Å². The lowest BCUT2D eigenvalue weighted by atomic mass is 10.1. The molecular formula is C29H33N3O3. The van der Waals surface area contributed by atoms with Crippen molar-refractivity contribution in [3.05, 3.63) is 95.1 Å². The van der Waals surface area contributed by atoms with Gasteiger partial charge in [0, 0.05) is 5.56 Å². The third-order valence-corrected chi connectivity index (χ3v) is 5.59. The predicted octanol–water partition coefficient (Wildman–Crippen LogP) is 6.36. The fourth-order valence-electron chi connectivity index (χ4n) is 3.58. The van der Waals surface area contributed by atoms with Gasteiger partial charge in [-0.2, -0.15) is 5.10 Å². The molecule has 2 N–H and O–H groups in total. The summed E-state index contributed by atoms with van der Waals surface area (Å²) in [5, 5.41) is 6.89. The van der Waals surface area contributed by atoms with Crippen LogP contribution >= 0.6 is 0 Å². The van der Waals surface area contributed by atoms with Crippen molar-refractivity contribution in [2.45, 2.75) is 46.0 Å². The number of ether oxygens (including phenoxy) is 1. The van der Waals surface area contributed by atoms with Crippen molar-refractivity contribution in [1.29, 1.82) is 0 Å². The van der Waals surface area contributed by atoms with Crippen LogP contribution in [0.3, 0.4) is 0 Å². The van der Waals surface area contributed by atoms with Gasteiger partial charge in [0.2, 0.25) is 0 Å². The summed E-state index contributed by atoms with van der Waals surface area (Å²) in [5.74, 6) is 0.139. The number of anilines is 1. The fraction of sp³-hybridized carbons (Fsp3) is 0.276. The molecule has 3 aromatic carbocycles. The molecule has 3 rings (SSSR count). The highest BCUT2D eigenvalue weighted by molar-refractivity contribution is 6.09. The van der Waals surface area contributed by atoms with Crippen LogP contribution in [0.5, 0.6) is 5.75 Å². The third-order valence-electron chi connectivity index (χ3n) is 5.59. The van der Waals surface area contributed by atoms with Crippen LogP contribution in [0.15, 0.2) is 77.9 Å². The largest absolute Gasteiger partial charge is 0.494 e. The second kappa shape index (κ2) is 13.7. The van der Waals surface area contributed by atoms with E-state index in [4.69, 9.17) is 4.74 Å². The average molecular weight is 472 g/mol. The summed E-state index contributed by atoms with van der Waals surface area (Å²) < 4.78 is 5.78. The topological polar surface area (TPSA) is 79.8 Å². The summed E-state index contributed by atoms with van der Waals surface area (Å²) in [6.07, 6.45) is 7.59. The Balaban J connectivity index is 1.53. The van der Waals surface area contributed by atoms with E-state index >= 15 is 0 Å². The second-order valence-electron chi connectivity index (χ2n) is 8.35. The van der Waals surface area contributed by atoms with Gasteiger partial charge in [-0.05, 0) is 66.9 Å². The number of hydrogen-bond acceptors (Lipinski definition) is 4. The minimum absolute atomic E-state index is 0.268. The number of carbonyl (C=O) groups excluding carboxylic acids is 2. The molecule has 0 aliphatic carbocycles. The first-order chi connectivity index (χ1) is 17.1. The molecule has 2 amide bonds. The Kier molecular flexibility index (Phi) is 10.1. The molecule has 0 heterocycles. The van der Waals surface area contributed by atoms with Crippen molar-refractivity contribution in [3.8, 4) is 5.75 Å². The van der Waals surface area contributed by atoms with Crippen molar-refractivity contribution < 1.29 is 14.3 Å². The van der Waals surface area contributed by atoms with Crippen molar-refractivity contribution in [1.82, 2.24) is 5.43 Å². The zero-order chi connectivity index (χ0) is 24.9. The van der Waals surface area contributed by atoms with Crippen LogP contribution in [0.1, 0.15) is 70.9 Å². The number of hydrogen-bond donors (Lipinski definition) is 2. The molecule has 0 unspecified atom stereocenters. The highest BCUT2D eigenvalue weighted by atomic mass is 16.5. The van der Waals surface area contributed by atoms with Gasteiger partial charge in [-0.1, -0.05) is 62.9 Å². The van der Waals surface area contributed by atoms with E-state index in [9.17, 15) is 9.59 Å². The number of carbonyl (C=O) groups is 2. The maximum atomic E-state index is 12.7. The van der Waals surface area contributed by atoms with Crippen molar-refractivity contribution in [2.75, 3.05) is 11.9 Å². The molecule has 0 saturated heterocycles. The van der Waals surface area contributed by atoms with E-state index in [1.807, 2.05) is 49.4 Å². The Hall–Kier alpha value is -3.93. The first-order valence-corrected chi connectivity index (χ1v) is 12.1. The van der Waals surface area contributed by atoms with Crippen LogP contribution in [0.2, 0.25) is 0 Å². The van der Waals surface area contributed by atoms with Crippen molar-refractivity contribution in [3.63, 3.8) is 0 Å². The lowest BCUT2D eigenvalue weighted by Crippen LogP contribution is -2.21. The Morgan fingerprint density at radius 2 is 1.51 bits per heavy atom. The number of benzene rings is 3. The van der Waals surface area contributed by atoms with Crippen LogP contribution in [-0.4, -0.2) is 24.6 Å². The van der Waals surface area contributed by atoms with Gasteiger partial charge in [-0.25, -0.2) is 5.43 Å². The number of amides is 2. The molecule has 0 aliphatic rings. The predicted molar refractivity (Wildman–Crippen MR) is 141 cm³/mol. The van der Waals surface area contributed by atoms with E-state index in [0.717, 1.165) is 23.3 Å². The molecule has 0 bridgehead atoms. The third kappa shape index (κ3) is 8.10. The normalized spacial score (nSPS) is 10.8. The van der Waals surface area contributed by atoms with Gasteiger partial charge in [0.1, 0.15) is 5.75 Å². The summed E-state index contributed by atoms with van der Waals surface area (Å²) in [5.41, 5.74) is 5.54. The molecule has 35 heavy (non-hydrogen) atoms. The maximum absolute atomic E-state index is 12.7. The SMILES string of the molecule is CCCCCCCOc1ccc(/C=N\NC(=O)c2ccccc2NC(=O)c2ccccc2C)cc1. The van der Waals surface area contributed by atoms with E-state index in [2.05, 4.69) is 22.8 Å². The fourth-order valence-corrected chi connectivity index (χ4v) is 3.58. The summed E-state index contributed by atoms with van der Waals surface area (Å²) in [4.78, 5) is 25.4. The number of para-hydroxylation sites is 1. The first kappa shape index (κ1) is 25.7. The summed E-state index contributed by atoms with van der Waals surface area (Å²) >= 11 is 0. The number of aryl methyl sites for hydroxylation is 1. The van der Waals surface area contributed by atoms with E-state index < -0.39 is 5.91 Å². The monoisotopic (exact) mass is 471 g/mol. The Bertz CT molecular complexity index is 1140. The van der Waals surface area contributed by atoms with Crippen LogP contribution < -0.4 is 15.5 Å². The Morgan fingerprint density at radius 3 is 2.26 bits per heavy atom. The van der Waals surface area contributed by atoms with Crippen LogP contribution in [0, 0.1) is 6.92 Å². The number of nitrogens with one attached hydrogen (secondary N) is 2. The molecule has 0 atom stereocenters. The van der Waals surface area contributed by atoms with Crippen molar-refractivity contribution >= 4 is 23.7 Å². The molecule has 0 fully saturated rings. The Morgan fingerprint density at radius 1 is 0.829 bits per heavy atom. The maximum Gasteiger partial charge on any atom is 0.273 e. The molecule has 0 aromatic heterocycles. The highest BCUT2D eigenvalue weighted by Crippen LogP contribution is 2.18. The van der Waals surface area contributed by atoms with Crippen LogP contribution in [-0.2, 0) is 0 Å². The number of unbranched alkanes of at least 4 members (excludes halogenated alkanes) is 4. The highest BCUT2D eigenvalue weighted by Gasteiger charge is 2.14. The molecule has 0 aliphatic heterocycles. The number of hydrazone groups is 1. The van der Waals surface area contributed by atoms with Gasteiger partial charge in [0.15, 0.2) is 0 Å². The van der Waals surface area contributed by atoms with Crippen LogP contribution in [0.25, 0.3) is 0 Å². The molecule has 0 radical (unpaired) electrons. The summed E-state index contributed by atoms with van der Waals surface area (Å²) in [6.45, 7) is 4.79. The lowest BCUT2D eigenvalue weighted by Gasteiger charge is -2.11. The smallest absolute Gasteiger partial charge is 0.273 e. The van der Waals surface area contributed by atoms with E-state index in [-0.39, 0.29) is 5.91 Å². The molecule has 3 aromatic rings. The standard InChI is InChI=1S/C29H33N3O3/c1-3-4-5-6-11-20-35-24-18-16-23(17-19-24)21-30-32-29(34)26-14-9-10-15-27(26)31-28(33)25-13-8-7-12-22(25)2/h7-10,12-19,21H,3-6,11,20H2,1-2H3,(H,31,33)(H,32,34)/b30-21-.